The predicted octanol–water partition coefficient (Wildman–Crippen LogP) is 3.11. The molecule has 2 heterocycles. The molecule has 5 rings (SSSR count). The Morgan fingerprint density at radius 2 is 1.66 bits per heavy atom. The van der Waals surface area contributed by atoms with Gasteiger partial charge < -0.3 is 24.5 Å². The normalized spacial score (nSPS) is 16.1. The number of sulfonamides is 1. The van der Waals surface area contributed by atoms with Gasteiger partial charge in [0, 0.05) is 19.5 Å². The van der Waals surface area contributed by atoms with Crippen LogP contribution in [0.5, 0.6) is 11.5 Å². The van der Waals surface area contributed by atoms with Gasteiger partial charge in [-0.15, -0.1) is 10.2 Å². The van der Waals surface area contributed by atoms with Crippen molar-refractivity contribution < 1.29 is 27.8 Å². The molecule has 0 saturated carbocycles. The standard InChI is InChI=1S/C31H34N6O6S/c1-42-27-9-6-10-28(43-2)29(27)23-13-11-22(12-14-23)19-25(31(38)39)35-30(32-16-18-36-20-33-34-21-36)26-15-17-37(26)44(40,41)24-7-4-3-5-8-24/h3-14,20-21,25-26H,15-19H2,1-2H3,(H,32,35)(H,38,39)/t25-,26-/m0/s1. The molecule has 0 unspecified atom stereocenters. The lowest BCUT2D eigenvalue weighted by atomic mass is 9.98. The summed E-state index contributed by atoms with van der Waals surface area (Å²) in [4.78, 5) is 17.3. The van der Waals surface area contributed by atoms with Crippen molar-refractivity contribution in [2.45, 2.75) is 36.4 Å². The van der Waals surface area contributed by atoms with Crippen LogP contribution in [0, 0.1) is 0 Å². The zero-order valence-electron chi connectivity index (χ0n) is 24.4. The number of aliphatic carboxylic acids is 1. The third-order valence-corrected chi connectivity index (χ3v) is 9.40. The molecule has 1 aliphatic heterocycles. The summed E-state index contributed by atoms with van der Waals surface area (Å²) in [6.45, 7) is 1.03. The smallest absolute Gasteiger partial charge is 0.326 e. The van der Waals surface area contributed by atoms with Gasteiger partial charge in [-0.3, -0.25) is 4.99 Å². The van der Waals surface area contributed by atoms with Crippen LogP contribution in [0.15, 0.2) is 95.3 Å². The largest absolute Gasteiger partial charge is 0.496 e. The zero-order valence-corrected chi connectivity index (χ0v) is 25.2. The Labute approximate surface area is 256 Å². The number of benzene rings is 3. The molecule has 12 nitrogen and oxygen atoms in total. The first kappa shape index (κ1) is 30.7. The van der Waals surface area contributed by atoms with Gasteiger partial charge in [0.15, 0.2) is 0 Å². The van der Waals surface area contributed by atoms with Crippen molar-refractivity contribution in [1.29, 1.82) is 0 Å². The highest BCUT2D eigenvalue weighted by Gasteiger charge is 2.42. The third-order valence-electron chi connectivity index (χ3n) is 7.47. The van der Waals surface area contributed by atoms with Crippen LogP contribution in [0.2, 0.25) is 0 Å². The Morgan fingerprint density at radius 3 is 2.23 bits per heavy atom. The van der Waals surface area contributed by atoms with Crippen molar-refractivity contribution in [3.05, 3.63) is 91.0 Å². The molecule has 2 atom stereocenters. The van der Waals surface area contributed by atoms with Crippen molar-refractivity contribution >= 4 is 21.8 Å². The van der Waals surface area contributed by atoms with Crippen LogP contribution in [0.25, 0.3) is 11.1 Å². The molecule has 1 aliphatic rings. The van der Waals surface area contributed by atoms with Gasteiger partial charge in [0.25, 0.3) is 0 Å². The quantitative estimate of drug-likeness (QED) is 0.170. The summed E-state index contributed by atoms with van der Waals surface area (Å²) in [6.07, 6.45) is 3.76. The molecule has 0 spiro atoms. The van der Waals surface area contributed by atoms with Gasteiger partial charge in [0.1, 0.15) is 36.0 Å². The van der Waals surface area contributed by atoms with E-state index in [2.05, 4.69) is 20.5 Å². The number of hydrogen-bond donors (Lipinski definition) is 2. The lowest BCUT2D eigenvalue weighted by molar-refractivity contribution is -0.139. The summed E-state index contributed by atoms with van der Waals surface area (Å²) in [5.41, 5.74) is 2.42. The van der Waals surface area contributed by atoms with Crippen LogP contribution in [0.3, 0.4) is 0 Å². The molecule has 44 heavy (non-hydrogen) atoms. The lowest BCUT2D eigenvalue weighted by Crippen LogP contribution is -2.60. The summed E-state index contributed by atoms with van der Waals surface area (Å²) in [6, 6.07) is 19.6. The van der Waals surface area contributed by atoms with Crippen LogP contribution in [0.1, 0.15) is 12.0 Å². The second-order valence-electron chi connectivity index (χ2n) is 10.2. The average molecular weight is 619 g/mol. The van der Waals surface area contributed by atoms with Crippen LogP contribution < -0.4 is 14.8 Å². The fourth-order valence-electron chi connectivity index (χ4n) is 5.08. The molecule has 4 aromatic rings. The van der Waals surface area contributed by atoms with Crippen molar-refractivity contribution in [1.82, 2.24) is 24.4 Å². The van der Waals surface area contributed by atoms with Crippen molar-refractivity contribution in [3.63, 3.8) is 0 Å². The molecular weight excluding hydrogens is 584 g/mol. The number of ether oxygens (including phenoxy) is 2. The van der Waals surface area contributed by atoms with E-state index in [1.54, 1.807) is 61.8 Å². The lowest BCUT2D eigenvalue weighted by Gasteiger charge is -2.41. The highest BCUT2D eigenvalue weighted by Crippen LogP contribution is 2.38. The Hall–Kier alpha value is -4.75. The number of amidine groups is 1. The Balaban J connectivity index is 1.38. The number of aromatic nitrogens is 3. The monoisotopic (exact) mass is 618 g/mol. The number of hydrogen-bond acceptors (Lipinski definition) is 8. The van der Waals surface area contributed by atoms with Gasteiger partial charge in [-0.1, -0.05) is 48.5 Å². The van der Waals surface area contributed by atoms with E-state index in [0.29, 0.717) is 36.8 Å². The van der Waals surface area contributed by atoms with Crippen molar-refractivity contribution in [2.75, 3.05) is 27.3 Å². The Bertz CT molecular complexity index is 1670. The molecule has 1 saturated heterocycles. The van der Waals surface area contributed by atoms with E-state index >= 15 is 0 Å². The Morgan fingerprint density at radius 1 is 1.00 bits per heavy atom. The highest BCUT2D eigenvalue weighted by molar-refractivity contribution is 7.89. The van der Waals surface area contributed by atoms with Crippen LogP contribution >= 0.6 is 0 Å². The maximum absolute atomic E-state index is 13.4. The first-order valence-corrected chi connectivity index (χ1v) is 15.5. The Kier molecular flexibility index (Phi) is 9.56. The van der Waals surface area contributed by atoms with Gasteiger partial charge in [0.05, 0.1) is 37.3 Å². The van der Waals surface area contributed by atoms with E-state index < -0.39 is 28.1 Å². The second-order valence-corrected chi connectivity index (χ2v) is 12.1. The van der Waals surface area contributed by atoms with E-state index in [-0.39, 0.29) is 17.9 Å². The van der Waals surface area contributed by atoms with Gasteiger partial charge in [-0.05, 0) is 41.8 Å². The number of carboxylic acid groups (broad SMARTS) is 1. The fraction of sp³-hybridized carbons (Fsp3) is 0.290. The van der Waals surface area contributed by atoms with E-state index in [1.165, 1.54) is 4.31 Å². The first-order chi connectivity index (χ1) is 21.3. The van der Waals surface area contributed by atoms with Gasteiger partial charge in [-0.25, -0.2) is 13.2 Å². The van der Waals surface area contributed by atoms with Crippen LogP contribution in [-0.2, 0) is 27.8 Å². The van der Waals surface area contributed by atoms with E-state index in [4.69, 9.17) is 9.47 Å². The summed E-state index contributed by atoms with van der Waals surface area (Å²) in [7, 11) is -0.617. The van der Waals surface area contributed by atoms with Crippen molar-refractivity contribution in [3.8, 4) is 22.6 Å². The molecule has 0 amide bonds. The third kappa shape index (κ3) is 6.74. The fourth-order valence-corrected chi connectivity index (χ4v) is 6.74. The summed E-state index contributed by atoms with van der Waals surface area (Å²) >= 11 is 0. The number of aliphatic imine (C=N–C) groups is 1. The number of carbonyl (C=O) groups is 1. The van der Waals surface area contributed by atoms with E-state index in [0.717, 1.165) is 16.7 Å². The van der Waals surface area contributed by atoms with Crippen LogP contribution in [-0.4, -0.2) is 83.8 Å². The number of rotatable bonds is 13. The maximum atomic E-state index is 13.4. The molecular formula is C31H34N6O6S. The number of nitrogens with zero attached hydrogens (tertiary/aromatic N) is 5. The SMILES string of the molecule is COc1cccc(OC)c1-c1ccc(C[C@H](NC(=NCCn2cnnc2)[C@@H]2CCN2S(=O)(=O)c2ccccc2)C(=O)O)cc1. The van der Waals surface area contributed by atoms with Gasteiger partial charge in [-0.2, -0.15) is 4.31 Å². The van der Waals surface area contributed by atoms with Crippen LogP contribution in [0.4, 0.5) is 0 Å². The maximum Gasteiger partial charge on any atom is 0.326 e. The van der Waals surface area contributed by atoms with E-state index in [9.17, 15) is 18.3 Å². The second kappa shape index (κ2) is 13.7. The summed E-state index contributed by atoms with van der Waals surface area (Å²) < 4.78 is 41.0. The minimum atomic E-state index is -3.80. The highest BCUT2D eigenvalue weighted by atomic mass is 32.2. The average Bonchev–Trinajstić information content (AvgIpc) is 3.54. The molecule has 2 N–H and O–H groups in total. The minimum absolute atomic E-state index is 0.140. The number of nitrogens with one attached hydrogen (secondary N) is 1. The molecule has 0 aliphatic carbocycles. The van der Waals surface area contributed by atoms with E-state index in [1.807, 2.05) is 42.5 Å². The van der Waals surface area contributed by atoms with Gasteiger partial charge in [0.2, 0.25) is 10.0 Å². The molecule has 1 aromatic heterocycles. The number of methoxy groups -OCH3 is 2. The molecule has 13 heteroatoms. The van der Waals surface area contributed by atoms with Gasteiger partial charge >= 0.3 is 5.97 Å². The first-order valence-electron chi connectivity index (χ1n) is 14.0. The molecule has 0 bridgehead atoms. The summed E-state index contributed by atoms with van der Waals surface area (Å²) in [5, 5.41) is 20.9. The molecule has 1 fully saturated rings. The summed E-state index contributed by atoms with van der Waals surface area (Å²) in [5.74, 6) is 0.547. The predicted molar refractivity (Wildman–Crippen MR) is 164 cm³/mol. The minimum Gasteiger partial charge on any atom is -0.496 e. The molecule has 230 valence electrons. The topological polar surface area (TPSA) is 148 Å². The van der Waals surface area contributed by atoms with Crippen molar-refractivity contribution in [2.24, 2.45) is 4.99 Å². The zero-order chi connectivity index (χ0) is 31.1. The molecule has 0 radical (unpaired) electrons. The molecule has 3 aromatic carbocycles. The number of carboxylic acids is 1.